The van der Waals surface area contributed by atoms with Crippen LogP contribution in [0.3, 0.4) is 0 Å². The number of hydrazone groups is 1. The lowest BCUT2D eigenvalue weighted by molar-refractivity contribution is -0.110. The van der Waals surface area contributed by atoms with Crippen LogP contribution < -0.4 is 21.8 Å². The maximum absolute atomic E-state index is 12.7. The summed E-state index contributed by atoms with van der Waals surface area (Å²) in [5, 5.41) is 18.4. The van der Waals surface area contributed by atoms with Gasteiger partial charge in [-0.05, 0) is 35.2 Å². The summed E-state index contributed by atoms with van der Waals surface area (Å²) in [5.41, 5.74) is 13.8. The van der Waals surface area contributed by atoms with E-state index in [2.05, 4.69) is 31.2 Å². The van der Waals surface area contributed by atoms with E-state index in [1.165, 1.54) is 5.01 Å². The number of rotatable bonds is 4. The largest absolute Gasteiger partial charge is 0.361 e. The topological polar surface area (TPSA) is 117 Å². The first-order chi connectivity index (χ1) is 13.5. The molecule has 0 saturated heterocycles. The number of halogens is 1. The lowest BCUT2D eigenvalue weighted by Crippen LogP contribution is -2.61. The van der Waals surface area contributed by atoms with Crippen LogP contribution in [0.4, 0.5) is 11.4 Å². The van der Waals surface area contributed by atoms with E-state index in [9.17, 15) is 9.90 Å². The number of thioether (sulfide) groups is 1. The number of hydrogen-bond acceptors (Lipinski definition) is 7. The van der Waals surface area contributed by atoms with Crippen molar-refractivity contribution in [3.63, 3.8) is 0 Å². The number of aliphatic hydroxyl groups is 1. The first-order valence-electron chi connectivity index (χ1n) is 8.98. The van der Waals surface area contributed by atoms with Crippen LogP contribution in [-0.2, 0) is 10.2 Å². The number of amides is 1. The minimum absolute atomic E-state index is 0.0105. The maximum Gasteiger partial charge on any atom is 0.282 e. The quantitative estimate of drug-likeness (QED) is 0.550. The van der Waals surface area contributed by atoms with Gasteiger partial charge in [-0.25, -0.2) is 5.01 Å². The number of carbonyl (C=O) groups is 1. The van der Waals surface area contributed by atoms with E-state index in [1.807, 2.05) is 24.3 Å². The molecular weight excluding hydrogens is 410 g/mol. The Morgan fingerprint density at radius 2 is 1.79 bits per heavy atom. The highest BCUT2D eigenvalue weighted by Crippen LogP contribution is 2.36. The number of nitrogens with one attached hydrogen (secondary N) is 1. The second-order valence-electron chi connectivity index (χ2n) is 7.84. The second-order valence-corrected chi connectivity index (χ2v) is 9.31. The number of hydrogen-bond donors (Lipinski definition) is 4. The Labute approximate surface area is 179 Å². The van der Waals surface area contributed by atoms with Crippen LogP contribution in [0.15, 0.2) is 53.6 Å². The van der Waals surface area contributed by atoms with Crippen LogP contribution in [0, 0.1) is 0 Å². The van der Waals surface area contributed by atoms with E-state index in [-0.39, 0.29) is 10.5 Å². The average Bonchev–Trinajstić information content (AvgIpc) is 3.09. The van der Waals surface area contributed by atoms with Gasteiger partial charge in [0.2, 0.25) is 0 Å². The van der Waals surface area contributed by atoms with Gasteiger partial charge in [0.05, 0.1) is 16.4 Å². The lowest BCUT2D eigenvalue weighted by Gasteiger charge is -2.31. The third kappa shape index (κ3) is 4.91. The summed E-state index contributed by atoms with van der Waals surface area (Å²) in [5.74, 6) is -2.55. The van der Waals surface area contributed by atoms with Gasteiger partial charge < -0.3 is 10.4 Å². The van der Waals surface area contributed by atoms with Gasteiger partial charge in [-0.15, -0.1) is 0 Å². The summed E-state index contributed by atoms with van der Waals surface area (Å²) in [4.78, 5) is 12.7. The molecule has 9 heteroatoms. The summed E-state index contributed by atoms with van der Waals surface area (Å²) in [6.07, 6.45) is 0. The van der Waals surface area contributed by atoms with Crippen molar-refractivity contribution in [3.05, 3.63) is 59.1 Å². The van der Waals surface area contributed by atoms with Crippen molar-refractivity contribution in [1.82, 2.24) is 0 Å². The Bertz CT molecular complexity index is 935. The molecule has 2 aromatic rings. The van der Waals surface area contributed by atoms with E-state index < -0.39 is 17.1 Å². The molecule has 0 radical (unpaired) electrons. The molecule has 1 amide bonds. The number of carbonyl (C=O) groups excluding carboxylic acids is 1. The maximum atomic E-state index is 12.7. The smallest absolute Gasteiger partial charge is 0.282 e. The van der Waals surface area contributed by atoms with Crippen LogP contribution in [0.2, 0.25) is 5.02 Å². The fraction of sp³-hybridized carbons (Fsp3) is 0.300. The first kappa shape index (κ1) is 21.6. The van der Waals surface area contributed by atoms with Gasteiger partial charge in [-0.1, -0.05) is 68.4 Å². The summed E-state index contributed by atoms with van der Waals surface area (Å²) >= 11 is 7.08. The van der Waals surface area contributed by atoms with Crippen LogP contribution in [-0.4, -0.2) is 27.3 Å². The Morgan fingerprint density at radius 1 is 1.17 bits per heavy atom. The fourth-order valence-corrected chi connectivity index (χ4v) is 3.91. The van der Waals surface area contributed by atoms with E-state index in [1.54, 1.807) is 24.3 Å². The number of nitrogens with two attached hydrogens (primary N) is 2. The van der Waals surface area contributed by atoms with E-state index in [0.29, 0.717) is 16.4 Å². The minimum atomic E-state index is -2.08. The molecule has 1 aliphatic rings. The number of para-hydroxylation sites is 1. The molecule has 0 aromatic heterocycles. The van der Waals surface area contributed by atoms with Gasteiger partial charge in [0.1, 0.15) is 0 Å². The third-order valence-electron chi connectivity index (χ3n) is 4.35. The molecule has 154 valence electrons. The molecule has 1 heterocycles. The number of nitrogens with zero attached hydrogens (tertiary/aromatic N) is 2. The second kappa shape index (κ2) is 7.97. The molecule has 1 aliphatic heterocycles. The Hall–Kier alpha value is -2.10. The van der Waals surface area contributed by atoms with Gasteiger partial charge in [0.25, 0.3) is 5.91 Å². The molecule has 7 nitrogen and oxygen atoms in total. The standard InChI is InChI=1S/C20H24ClN5O2S/c1-19(2,3)12-8-10-13(11-9-12)26-18(20(22,23)28)29-17(25-26)16(27)24-15-7-5-4-6-14(15)21/h4-11,18,28H,22-23H2,1-3H3,(H,24,27)/t18-/m1/s1. The Morgan fingerprint density at radius 3 is 2.34 bits per heavy atom. The van der Waals surface area contributed by atoms with Crippen LogP contribution in [0.5, 0.6) is 0 Å². The van der Waals surface area contributed by atoms with Gasteiger partial charge in [-0.3, -0.25) is 16.3 Å². The SMILES string of the molecule is CC(C)(C)c1ccc(N2N=C(C(=O)Nc3ccccc3Cl)S[C@@H]2C(N)(N)O)cc1. The third-order valence-corrected chi connectivity index (χ3v) is 5.97. The zero-order valence-corrected chi connectivity index (χ0v) is 18.0. The van der Waals surface area contributed by atoms with E-state index in [0.717, 1.165) is 17.3 Å². The molecule has 3 rings (SSSR count). The van der Waals surface area contributed by atoms with Crippen molar-refractivity contribution in [1.29, 1.82) is 0 Å². The number of benzene rings is 2. The fourth-order valence-electron chi connectivity index (χ4n) is 2.76. The van der Waals surface area contributed by atoms with Gasteiger partial charge in [-0.2, -0.15) is 5.10 Å². The van der Waals surface area contributed by atoms with E-state index in [4.69, 9.17) is 23.1 Å². The van der Waals surface area contributed by atoms with Crippen molar-refractivity contribution in [2.75, 3.05) is 10.3 Å². The average molecular weight is 434 g/mol. The molecule has 2 aromatic carbocycles. The summed E-state index contributed by atoms with van der Waals surface area (Å²) in [6.45, 7) is 6.35. The molecule has 6 N–H and O–H groups in total. The van der Waals surface area contributed by atoms with Crippen molar-refractivity contribution < 1.29 is 9.90 Å². The molecule has 0 fully saturated rings. The van der Waals surface area contributed by atoms with Crippen LogP contribution in [0.1, 0.15) is 26.3 Å². The number of anilines is 2. The molecule has 0 spiro atoms. The monoisotopic (exact) mass is 433 g/mol. The van der Waals surface area contributed by atoms with Gasteiger partial charge >= 0.3 is 0 Å². The van der Waals surface area contributed by atoms with Crippen LogP contribution in [0.25, 0.3) is 0 Å². The highest BCUT2D eigenvalue weighted by molar-refractivity contribution is 8.16. The first-order valence-corrected chi connectivity index (χ1v) is 10.2. The molecule has 0 unspecified atom stereocenters. The van der Waals surface area contributed by atoms with Gasteiger partial charge in [0, 0.05) is 0 Å². The highest BCUT2D eigenvalue weighted by atomic mass is 35.5. The van der Waals surface area contributed by atoms with Crippen molar-refractivity contribution in [2.24, 2.45) is 16.6 Å². The minimum Gasteiger partial charge on any atom is -0.361 e. The van der Waals surface area contributed by atoms with Crippen LogP contribution >= 0.6 is 23.4 Å². The van der Waals surface area contributed by atoms with Gasteiger partial charge in [0.15, 0.2) is 16.3 Å². The molecular formula is C20H24ClN5O2S. The molecule has 29 heavy (non-hydrogen) atoms. The van der Waals surface area contributed by atoms with Crippen molar-refractivity contribution in [2.45, 2.75) is 37.4 Å². The van der Waals surface area contributed by atoms with E-state index >= 15 is 0 Å². The molecule has 0 bridgehead atoms. The zero-order valence-electron chi connectivity index (χ0n) is 16.4. The van der Waals surface area contributed by atoms with Crippen molar-refractivity contribution in [3.8, 4) is 0 Å². The van der Waals surface area contributed by atoms with Crippen molar-refractivity contribution >= 4 is 45.7 Å². The predicted molar refractivity (Wildman–Crippen MR) is 120 cm³/mol. The summed E-state index contributed by atoms with van der Waals surface area (Å²) in [6, 6.07) is 14.5. The highest BCUT2D eigenvalue weighted by Gasteiger charge is 2.42. The predicted octanol–water partition coefficient (Wildman–Crippen LogP) is 3.03. The molecule has 1 atom stereocenters. The Balaban J connectivity index is 1.88. The lowest BCUT2D eigenvalue weighted by atomic mass is 9.87. The summed E-state index contributed by atoms with van der Waals surface area (Å²) in [7, 11) is 0. The summed E-state index contributed by atoms with van der Waals surface area (Å²) < 4.78 is 0. The molecule has 0 aliphatic carbocycles. The normalized spacial score (nSPS) is 17.3. The zero-order chi connectivity index (χ0) is 21.4. The Kier molecular flexibility index (Phi) is 5.93. The molecule has 0 saturated carbocycles.